The summed E-state index contributed by atoms with van der Waals surface area (Å²) in [6.07, 6.45) is 2.69. The molecule has 4 aromatic rings. The maximum atomic E-state index is 15.4. The molecule has 0 spiro atoms. The summed E-state index contributed by atoms with van der Waals surface area (Å²) in [4.78, 5) is 27.6. The minimum absolute atomic E-state index is 0.102. The molecule has 1 unspecified atom stereocenters. The number of rotatable bonds is 5. The van der Waals surface area contributed by atoms with E-state index in [1.165, 1.54) is 12.1 Å². The molecular formula is C26H22FN3O3. The third kappa shape index (κ3) is 3.92. The number of H-pyrrole nitrogens is 1. The zero-order chi connectivity index (χ0) is 22.9. The molecule has 166 valence electrons. The summed E-state index contributed by atoms with van der Waals surface area (Å²) >= 11 is 0. The number of aromatic amines is 1. The van der Waals surface area contributed by atoms with Gasteiger partial charge in [0.25, 0.3) is 5.91 Å². The molecule has 0 aliphatic carbocycles. The van der Waals surface area contributed by atoms with Gasteiger partial charge in [-0.3, -0.25) is 9.59 Å². The van der Waals surface area contributed by atoms with Crippen LogP contribution >= 0.6 is 0 Å². The van der Waals surface area contributed by atoms with E-state index in [-0.39, 0.29) is 11.3 Å². The van der Waals surface area contributed by atoms with Crippen LogP contribution < -0.4 is 11.1 Å². The van der Waals surface area contributed by atoms with Crippen LogP contribution in [0, 0.1) is 5.82 Å². The van der Waals surface area contributed by atoms with Crippen molar-refractivity contribution in [1.29, 1.82) is 0 Å². The van der Waals surface area contributed by atoms with Gasteiger partial charge in [-0.2, -0.15) is 0 Å². The predicted octanol–water partition coefficient (Wildman–Crippen LogP) is 3.80. The molecule has 1 atom stereocenters. The molecule has 0 radical (unpaired) electrons. The van der Waals surface area contributed by atoms with Gasteiger partial charge in [-0.25, -0.2) is 4.39 Å². The van der Waals surface area contributed by atoms with Crippen LogP contribution in [0.5, 0.6) is 0 Å². The summed E-state index contributed by atoms with van der Waals surface area (Å²) in [5, 5.41) is 4.52. The standard InChI is InChI=1S/C26H22FN3O3/c27-19-13-18(26(28)32)25-24(17-6-1-2-7-20(17)30-25)23(19)16-5-3-4-15(12-16)8-9-21(31)22-14-29-10-11-33-22/h1-9,12-13,22,29-30H,10-11,14H2,(H2,28,32)/b9-8+. The number of hydrogen-bond acceptors (Lipinski definition) is 4. The van der Waals surface area contributed by atoms with E-state index in [0.29, 0.717) is 35.2 Å². The van der Waals surface area contributed by atoms with E-state index in [1.807, 2.05) is 36.4 Å². The van der Waals surface area contributed by atoms with Crippen molar-refractivity contribution in [2.24, 2.45) is 5.73 Å². The Morgan fingerprint density at radius 2 is 1.97 bits per heavy atom. The second-order valence-corrected chi connectivity index (χ2v) is 7.99. The van der Waals surface area contributed by atoms with Crippen LogP contribution in [-0.4, -0.2) is 42.5 Å². The monoisotopic (exact) mass is 443 g/mol. The van der Waals surface area contributed by atoms with Gasteiger partial charge in [0.15, 0.2) is 5.78 Å². The van der Waals surface area contributed by atoms with Crippen LogP contribution in [0.3, 0.4) is 0 Å². The van der Waals surface area contributed by atoms with E-state index < -0.39 is 17.8 Å². The van der Waals surface area contributed by atoms with E-state index in [1.54, 1.807) is 18.2 Å². The molecule has 1 amide bonds. The number of benzene rings is 3. The number of nitrogens with one attached hydrogen (secondary N) is 2. The van der Waals surface area contributed by atoms with Crippen LogP contribution in [0.4, 0.5) is 4.39 Å². The van der Waals surface area contributed by atoms with E-state index in [0.717, 1.165) is 23.0 Å². The Bertz CT molecular complexity index is 1420. The summed E-state index contributed by atoms with van der Waals surface area (Å²) in [5.41, 5.74) is 8.66. The molecule has 7 heteroatoms. The number of carbonyl (C=O) groups excluding carboxylic acids is 2. The second-order valence-electron chi connectivity index (χ2n) is 7.99. The number of halogens is 1. The van der Waals surface area contributed by atoms with Crippen LogP contribution in [0.25, 0.3) is 39.0 Å². The first-order valence-corrected chi connectivity index (χ1v) is 10.7. The molecule has 1 fully saturated rings. The Morgan fingerprint density at radius 1 is 1.12 bits per heavy atom. The third-order valence-corrected chi connectivity index (χ3v) is 5.86. The summed E-state index contributed by atoms with van der Waals surface area (Å²) in [5.74, 6) is -1.37. The molecule has 4 N–H and O–H groups in total. The zero-order valence-electron chi connectivity index (χ0n) is 17.7. The number of hydrogen-bond donors (Lipinski definition) is 3. The van der Waals surface area contributed by atoms with Gasteiger partial charge < -0.3 is 20.8 Å². The van der Waals surface area contributed by atoms with Crippen molar-refractivity contribution in [2.45, 2.75) is 6.10 Å². The van der Waals surface area contributed by atoms with Crippen molar-refractivity contribution in [1.82, 2.24) is 10.3 Å². The lowest BCUT2D eigenvalue weighted by Crippen LogP contribution is -2.42. The van der Waals surface area contributed by atoms with Crippen molar-refractivity contribution in [3.05, 3.63) is 77.6 Å². The minimum atomic E-state index is -0.702. The first-order chi connectivity index (χ1) is 16.0. The largest absolute Gasteiger partial charge is 0.367 e. The first kappa shape index (κ1) is 21.1. The number of primary amides is 1. The number of para-hydroxylation sites is 1. The second kappa shape index (κ2) is 8.61. The maximum Gasteiger partial charge on any atom is 0.250 e. The first-order valence-electron chi connectivity index (χ1n) is 10.7. The fraction of sp³-hybridized carbons (Fsp3) is 0.154. The SMILES string of the molecule is NC(=O)c1cc(F)c(-c2cccc(/C=C/C(=O)C3CNCCO3)c2)c2c1[nH]c1ccccc12. The highest BCUT2D eigenvalue weighted by molar-refractivity contribution is 6.20. The van der Waals surface area contributed by atoms with Crippen molar-refractivity contribution in [3.63, 3.8) is 0 Å². The Morgan fingerprint density at radius 3 is 2.76 bits per heavy atom. The molecule has 1 aliphatic heterocycles. The topological polar surface area (TPSA) is 97.2 Å². The summed E-state index contributed by atoms with van der Waals surface area (Å²) in [7, 11) is 0. The smallest absolute Gasteiger partial charge is 0.250 e. The fourth-order valence-electron chi connectivity index (χ4n) is 4.30. The Hall–Kier alpha value is -3.81. The number of aromatic nitrogens is 1. The summed E-state index contributed by atoms with van der Waals surface area (Å²) in [6, 6.07) is 15.9. The number of amides is 1. The fourth-order valence-corrected chi connectivity index (χ4v) is 4.30. The van der Waals surface area contributed by atoms with Gasteiger partial charge >= 0.3 is 0 Å². The third-order valence-electron chi connectivity index (χ3n) is 5.86. The highest BCUT2D eigenvalue weighted by Crippen LogP contribution is 2.38. The molecule has 2 heterocycles. The van der Waals surface area contributed by atoms with Gasteiger partial charge in [0.05, 0.1) is 17.7 Å². The van der Waals surface area contributed by atoms with Crippen LogP contribution in [-0.2, 0) is 9.53 Å². The molecule has 6 nitrogen and oxygen atoms in total. The molecular weight excluding hydrogens is 421 g/mol. The summed E-state index contributed by atoms with van der Waals surface area (Å²) < 4.78 is 20.9. The molecule has 0 bridgehead atoms. The molecule has 5 rings (SSSR count). The Balaban J connectivity index is 1.61. The predicted molar refractivity (Wildman–Crippen MR) is 126 cm³/mol. The highest BCUT2D eigenvalue weighted by Gasteiger charge is 2.21. The molecule has 1 saturated heterocycles. The van der Waals surface area contributed by atoms with Gasteiger partial charge in [0.2, 0.25) is 0 Å². The van der Waals surface area contributed by atoms with E-state index in [4.69, 9.17) is 10.5 Å². The van der Waals surface area contributed by atoms with E-state index in [9.17, 15) is 9.59 Å². The molecule has 3 aromatic carbocycles. The quantitative estimate of drug-likeness (QED) is 0.409. The lowest BCUT2D eigenvalue weighted by molar-refractivity contribution is -0.126. The molecule has 0 saturated carbocycles. The van der Waals surface area contributed by atoms with Gasteiger partial charge in [-0.05, 0) is 35.4 Å². The van der Waals surface area contributed by atoms with Gasteiger partial charge in [0, 0.05) is 34.9 Å². The lowest BCUT2D eigenvalue weighted by atomic mass is 9.95. The molecule has 1 aliphatic rings. The van der Waals surface area contributed by atoms with Crippen molar-refractivity contribution < 1.29 is 18.7 Å². The minimum Gasteiger partial charge on any atom is -0.367 e. The van der Waals surface area contributed by atoms with E-state index in [2.05, 4.69) is 10.3 Å². The number of carbonyl (C=O) groups is 2. The maximum absolute atomic E-state index is 15.4. The average Bonchev–Trinajstić information content (AvgIpc) is 3.22. The Labute approximate surface area is 189 Å². The lowest BCUT2D eigenvalue weighted by Gasteiger charge is -2.21. The zero-order valence-corrected chi connectivity index (χ0v) is 17.7. The number of morpholine rings is 1. The highest BCUT2D eigenvalue weighted by atomic mass is 19.1. The normalized spacial score (nSPS) is 16.6. The van der Waals surface area contributed by atoms with Crippen molar-refractivity contribution in [2.75, 3.05) is 19.7 Å². The van der Waals surface area contributed by atoms with Crippen molar-refractivity contribution >= 4 is 39.6 Å². The van der Waals surface area contributed by atoms with Crippen LogP contribution in [0.1, 0.15) is 15.9 Å². The van der Waals surface area contributed by atoms with Crippen LogP contribution in [0.2, 0.25) is 0 Å². The number of fused-ring (bicyclic) bond motifs is 3. The van der Waals surface area contributed by atoms with Crippen molar-refractivity contribution in [3.8, 4) is 11.1 Å². The van der Waals surface area contributed by atoms with Gasteiger partial charge in [0.1, 0.15) is 11.9 Å². The average molecular weight is 443 g/mol. The number of nitrogens with two attached hydrogens (primary N) is 1. The summed E-state index contributed by atoms with van der Waals surface area (Å²) in [6.45, 7) is 1.72. The van der Waals surface area contributed by atoms with Gasteiger partial charge in [-0.1, -0.05) is 42.5 Å². The molecule has 33 heavy (non-hydrogen) atoms. The Kier molecular flexibility index (Phi) is 5.50. The number of ether oxygens (including phenoxy) is 1. The molecule has 1 aromatic heterocycles. The van der Waals surface area contributed by atoms with Gasteiger partial charge in [-0.15, -0.1) is 0 Å². The van der Waals surface area contributed by atoms with E-state index >= 15 is 4.39 Å². The number of ketones is 1. The van der Waals surface area contributed by atoms with Crippen LogP contribution in [0.15, 0.2) is 60.7 Å².